The fourth-order valence-electron chi connectivity index (χ4n) is 4.01. The summed E-state index contributed by atoms with van der Waals surface area (Å²) in [6.45, 7) is 5.91. The lowest BCUT2D eigenvalue weighted by atomic mass is 10.0. The van der Waals surface area contributed by atoms with E-state index >= 15 is 0 Å². The Morgan fingerprint density at radius 2 is 1.84 bits per heavy atom. The first-order chi connectivity index (χ1) is 15.2. The molecule has 7 heteroatoms. The summed E-state index contributed by atoms with van der Waals surface area (Å²) in [5, 5.41) is 7.01. The highest BCUT2D eigenvalue weighted by Gasteiger charge is 2.16. The first-order valence-corrected chi connectivity index (χ1v) is 10.9. The summed E-state index contributed by atoms with van der Waals surface area (Å²) in [4.78, 5) is 19.1. The first-order valence-electron chi connectivity index (χ1n) is 10.9. The van der Waals surface area contributed by atoms with Crippen molar-refractivity contribution >= 4 is 11.6 Å². The minimum Gasteiger partial charge on any atom is -0.454 e. The fraction of sp³-hybridized carbons (Fsp3) is 0.417. The van der Waals surface area contributed by atoms with E-state index < -0.39 is 0 Å². The van der Waals surface area contributed by atoms with Gasteiger partial charge in [-0.25, -0.2) is 0 Å². The molecule has 0 bridgehead atoms. The van der Waals surface area contributed by atoms with Crippen molar-refractivity contribution in [2.75, 3.05) is 26.5 Å². The molecule has 0 saturated carbocycles. The van der Waals surface area contributed by atoms with Crippen LogP contribution in [-0.4, -0.2) is 38.1 Å². The van der Waals surface area contributed by atoms with Gasteiger partial charge in [-0.05, 0) is 49.9 Å². The number of benzene rings is 2. The molecule has 0 radical (unpaired) electrons. The van der Waals surface area contributed by atoms with Gasteiger partial charge in [0.15, 0.2) is 18.1 Å². The van der Waals surface area contributed by atoms with Crippen molar-refractivity contribution in [2.45, 2.75) is 39.3 Å². The average Bonchev–Trinajstić information content (AvgIpc) is 3.27. The van der Waals surface area contributed by atoms with Gasteiger partial charge in [0, 0.05) is 17.7 Å². The summed E-state index contributed by atoms with van der Waals surface area (Å²) >= 11 is 0. The molecular formula is C24H30N3O4+. The SMILES string of the molecule is C/C(=N/OCC(=O)NCc1ccccc1C[NH+]1CCCCC1)c1ccc2c(c1)OCO2. The van der Waals surface area contributed by atoms with Gasteiger partial charge in [0.1, 0.15) is 6.54 Å². The van der Waals surface area contributed by atoms with E-state index in [9.17, 15) is 4.79 Å². The van der Waals surface area contributed by atoms with E-state index in [0.717, 1.165) is 23.4 Å². The molecule has 2 heterocycles. The molecule has 2 aromatic rings. The van der Waals surface area contributed by atoms with Gasteiger partial charge < -0.3 is 24.5 Å². The van der Waals surface area contributed by atoms with Gasteiger partial charge in [-0.2, -0.15) is 0 Å². The summed E-state index contributed by atoms with van der Waals surface area (Å²) in [6.07, 6.45) is 3.95. The standard InChI is InChI=1S/C24H29N3O4/c1-18(19-9-10-22-23(13-19)30-17-29-22)26-31-16-24(28)25-14-20-7-3-4-8-21(20)15-27-11-5-2-6-12-27/h3-4,7-10,13H,2,5-6,11-12,14-17H2,1H3,(H,25,28)/p+1/b26-18-. The molecule has 4 rings (SSSR count). The topological polar surface area (TPSA) is 73.6 Å². The molecule has 2 aliphatic heterocycles. The van der Waals surface area contributed by atoms with Crippen LogP contribution in [0.25, 0.3) is 0 Å². The molecule has 0 aliphatic carbocycles. The number of hydrogen-bond acceptors (Lipinski definition) is 5. The summed E-state index contributed by atoms with van der Waals surface area (Å²) in [7, 11) is 0. The third kappa shape index (κ3) is 5.76. The van der Waals surface area contributed by atoms with Crippen molar-refractivity contribution in [3.05, 3.63) is 59.2 Å². The molecule has 7 nitrogen and oxygen atoms in total. The number of rotatable bonds is 8. The number of carbonyl (C=O) groups is 1. The van der Waals surface area contributed by atoms with Crippen LogP contribution >= 0.6 is 0 Å². The molecule has 0 aromatic heterocycles. The lowest BCUT2D eigenvalue weighted by molar-refractivity contribution is -0.918. The Balaban J connectivity index is 1.25. The number of quaternary nitrogens is 1. The Hall–Kier alpha value is -3.06. The Kier molecular flexibility index (Phi) is 7.04. The summed E-state index contributed by atoms with van der Waals surface area (Å²) in [5.41, 5.74) is 3.99. The van der Waals surface area contributed by atoms with Gasteiger partial charge in [0.05, 0.1) is 18.8 Å². The van der Waals surface area contributed by atoms with Crippen LogP contribution < -0.4 is 19.7 Å². The van der Waals surface area contributed by atoms with Gasteiger partial charge in [-0.3, -0.25) is 4.79 Å². The van der Waals surface area contributed by atoms with Crippen molar-refractivity contribution in [3.8, 4) is 11.5 Å². The quantitative estimate of drug-likeness (QED) is 0.503. The number of amides is 1. The number of likely N-dealkylation sites (tertiary alicyclic amines) is 1. The number of piperidine rings is 1. The summed E-state index contributed by atoms with van der Waals surface area (Å²) < 4.78 is 10.7. The molecule has 1 fully saturated rings. The van der Waals surface area contributed by atoms with E-state index in [1.807, 2.05) is 31.2 Å². The van der Waals surface area contributed by atoms with Crippen molar-refractivity contribution in [1.29, 1.82) is 0 Å². The highest BCUT2D eigenvalue weighted by molar-refractivity contribution is 5.99. The zero-order valence-corrected chi connectivity index (χ0v) is 18.0. The number of ether oxygens (including phenoxy) is 2. The number of fused-ring (bicyclic) bond motifs is 1. The van der Waals surface area contributed by atoms with Crippen LogP contribution in [0.5, 0.6) is 11.5 Å². The molecule has 164 valence electrons. The van der Waals surface area contributed by atoms with Crippen LogP contribution in [0.2, 0.25) is 0 Å². The second-order valence-electron chi connectivity index (χ2n) is 8.05. The van der Waals surface area contributed by atoms with Crippen molar-refractivity contribution in [2.24, 2.45) is 5.16 Å². The lowest BCUT2D eigenvalue weighted by Crippen LogP contribution is -3.11. The van der Waals surface area contributed by atoms with Gasteiger partial charge in [-0.1, -0.05) is 29.4 Å². The molecule has 2 aliphatic rings. The van der Waals surface area contributed by atoms with Gasteiger partial charge in [-0.15, -0.1) is 0 Å². The molecule has 0 atom stereocenters. The molecule has 0 spiro atoms. The monoisotopic (exact) mass is 424 g/mol. The minimum atomic E-state index is -0.192. The first kappa shape index (κ1) is 21.2. The highest BCUT2D eigenvalue weighted by Crippen LogP contribution is 2.32. The van der Waals surface area contributed by atoms with E-state index in [1.54, 1.807) is 4.90 Å². The van der Waals surface area contributed by atoms with Gasteiger partial charge in [0.2, 0.25) is 6.79 Å². The Labute approximate surface area is 183 Å². The normalized spacial score (nSPS) is 16.2. The van der Waals surface area contributed by atoms with Crippen LogP contribution in [-0.2, 0) is 22.7 Å². The summed E-state index contributed by atoms with van der Waals surface area (Å²) in [6, 6.07) is 13.9. The van der Waals surface area contributed by atoms with E-state index in [0.29, 0.717) is 18.0 Å². The zero-order valence-electron chi connectivity index (χ0n) is 18.0. The second kappa shape index (κ2) is 10.3. The van der Waals surface area contributed by atoms with Crippen LogP contribution in [0.3, 0.4) is 0 Å². The van der Waals surface area contributed by atoms with Crippen molar-refractivity contribution in [1.82, 2.24) is 5.32 Å². The van der Waals surface area contributed by atoms with Gasteiger partial charge in [0.25, 0.3) is 5.91 Å². The molecule has 0 unspecified atom stereocenters. The molecular weight excluding hydrogens is 394 g/mol. The number of oxime groups is 1. The van der Waals surface area contributed by atoms with Gasteiger partial charge >= 0.3 is 0 Å². The Morgan fingerprint density at radius 1 is 1.06 bits per heavy atom. The number of carbonyl (C=O) groups excluding carboxylic acids is 1. The smallest absolute Gasteiger partial charge is 0.261 e. The maximum Gasteiger partial charge on any atom is 0.261 e. The van der Waals surface area contributed by atoms with Crippen LogP contribution in [0.4, 0.5) is 0 Å². The largest absolute Gasteiger partial charge is 0.454 e. The third-order valence-electron chi connectivity index (χ3n) is 5.78. The molecule has 1 saturated heterocycles. The Bertz CT molecular complexity index is 938. The fourth-order valence-corrected chi connectivity index (χ4v) is 4.01. The average molecular weight is 425 g/mol. The molecule has 31 heavy (non-hydrogen) atoms. The van der Waals surface area contributed by atoms with E-state index in [1.165, 1.54) is 37.9 Å². The Morgan fingerprint density at radius 3 is 2.68 bits per heavy atom. The number of nitrogens with zero attached hydrogens (tertiary/aromatic N) is 1. The second-order valence-corrected chi connectivity index (χ2v) is 8.05. The summed E-state index contributed by atoms with van der Waals surface area (Å²) in [5.74, 6) is 1.22. The minimum absolute atomic E-state index is 0.124. The van der Waals surface area contributed by atoms with Crippen LogP contribution in [0.15, 0.2) is 47.6 Å². The highest BCUT2D eigenvalue weighted by atomic mass is 16.7. The van der Waals surface area contributed by atoms with Crippen molar-refractivity contribution < 1.29 is 24.0 Å². The predicted octanol–water partition coefficient (Wildman–Crippen LogP) is 2.04. The molecule has 1 amide bonds. The lowest BCUT2D eigenvalue weighted by Gasteiger charge is -2.24. The predicted molar refractivity (Wildman–Crippen MR) is 117 cm³/mol. The van der Waals surface area contributed by atoms with Crippen LogP contribution in [0.1, 0.15) is 42.9 Å². The van der Waals surface area contributed by atoms with Crippen molar-refractivity contribution in [3.63, 3.8) is 0 Å². The number of nitrogens with one attached hydrogen (secondary N) is 2. The zero-order chi connectivity index (χ0) is 21.5. The number of hydrogen-bond donors (Lipinski definition) is 2. The third-order valence-corrected chi connectivity index (χ3v) is 5.78. The molecule has 2 aromatic carbocycles. The van der Waals surface area contributed by atoms with Crippen LogP contribution in [0, 0.1) is 0 Å². The van der Waals surface area contributed by atoms with E-state index in [2.05, 4.69) is 28.7 Å². The van der Waals surface area contributed by atoms with E-state index in [4.69, 9.17) is 14.3 Å². The maximum absolute atomic E-state index is 12.2. The maximum atomic E-state index is 12.2. The molecule has 2 N–H and O–H groups in total. The van der Waals surface area contributed by atoms with E-state index in [-0.39, 0.29) is 19.3 Å².